The second kappa shape index (κ2) is 11.6. The fourth-order valence-corrected chi connectivity index (χ4v) is 3.02. The van der Waals surface area contributed by atoms with Crippen molar-refractivity contribution in [3.63, 3.8) is 0 Å². The lowest BCUT2D eigenvalue weighted by Crippen LogP contribution is -2.15. The van der Waals surface area contributed by atoms with Crippen molar-refractivity contribution in [1.82, 2.24) is 0 Å². The summed E-state index contributed by atoms with van der Waals surface area (Å²) in [6.07, 6.45) is 1.45. The lowest BCUT2D eigenvalue weighted by atomic mass is 10.1. The molecule has 0 aliphatic rings. The van der Waals surface area contributed by atoms with Crippen molar-refractivity contribution in [1.29, 1.82) is 5.26 Å². The highest BCUT2D eigenvalue weighted by Gasteiger charge is 2.16. The van der Waals surface area contributed by atoms with Crippen LogP contribution in [0.1, 0.15) is 19.4 Å². The molecular formula is C22H21BrN2O5. The Morgan fingerprint density at radius 2 is 1.87 bits per heavy atom. The van der Waals surface area contributed by atoms with Crippen molar-refractivity contribution in [2.24, 2.45) is 0 Å². The Hall–Kier alpha value is -3.31. The monoisotopic (exact) mass is 472 g/mol. The zero-order valence-corrected chi connectivity index (χ0v) is 18.2. The number of halogens is 1. The van der Waals surface area contributed by atoms with E-state index in [1.165, 1.54) is 6.08 Å². The minimum Gasteiger partial charge on any atom is -0.490 e. The van der Waals surface area contributed by atoms with Crippen LogP contribution in [0.3, 0.4) is 0 Å². The van der Waals surface area contributed by atoms with Crippen molar-refractivity contribution in [3.8, 4) is 17.6 Å². The van der Waals surface area contributed by atoms with E-state index in [1.807, 2.05) is 12.1 Å². The molecular weight excluding hydrogens is 452 g/mol. The molecule has 0 spiro atoms. The minimum absolute atomic E-state index is 0.0756. The van der Waals surface area contributed by atoms with Crippen LogP contribution in [0.5, 0.6) is 11.5 Å². The number of hydrogen-bond donors (Lipinski definition) is 1. The average Bonchev–Trinajstić information content (AvgIpc) is 2.72. The maximum Gasteiger partial charge on any atom is 0.344 e. The lowest BCUT2D eigenvalue weighted by Gasteiger charge is -2.14. The van der Waals surface area contributed by atoms with Crippen molar-refractivity contribution in [2.75, 3.05) is 25.1 Å². The third-order valence-electron chi connectivity index (χ3n) is 3.68. The molecule has 0 radical (unpaired) electrons. The SMILES string of the molecule is CCOC(=O)COc1c(Br)cc(/C=C(\C#N)C(=O)Nc2ccccc2)cc1OCC. The molecule has 0 bridgehead atoms. The summed E-state index contributed by atoms with van der Waals surface area (Å²) in [6.45, 7) is 3.86. The van der Waals surface area contributed by atoms with Crippen molar-refractivity contribution in [3.05, 3.63) is 58.1 Å². The van der Waals surface area contributed by atoms with Gasteiger partial charge in [-0.3, -0.25) is 4.79 Å². The van der Waals surface area contributed by atoms with Crippen LogP contribution in [-0.2, 0) is 14.3 Å². The third-order valence-corrected chi connectivity index (χ3v) is 4.27. The predicted molar refractivity (Wildman–Crippen MR) is 116 cm³/mol. The van der Waals surface area contributed by atoms with Gasteiger partial charge < -0.3 is 19.5 Å². The highest BCUT2D eigenvalue weighted by molar-refractivity contribution is 9.10. The molecule has 0 fully saturated rings. The number of carbonyl (C=O) groups excluding carboxylic acids is 2. The predicted octanol–water partition coefficient (Wildman–Crippen LogP) is 4.34. The Morgan fingerprint density at radius 3 is 2.50 bits per heavy atom. The summed E-state index contributed by atoms with van der Waals surface area (Å²) in [4.78, 5) is 24.0. The number of benzene rings is 2. The maximum atomic E-state index is 12.4. The summed E-state index contributed by atoms with van der Waals surface area (Å²) in [6, 6.07) is 14.1. The number of carbonyl (C=O) groups is 2. The molecule has 0 atom stereocenters. The zero-order valence-electron chi connectivity index (χ0n) is 16.6. The summed E-state index contributed by atoms with van der Waals surface area (Å²) in [5.74, 6) is -0.335. The van der Waals surface area contributed by atoms with Crippen LogP contribution in [0.25, 0.3) is 6.08 Å². The normalized spacial score (nSPS) is 10.7. The van der Waals surface area contributed by atoms with Crippen LogP contribution < -0.4 is 14.8 Å². The Labute approximate surface area is 183 Å². The van der Waals surface area contributed by atoms with Gasteiger partial charge in [0, 0.05) is 5.69 Å². The fraction of sp³-hybridized carbons (Fsp3) is 0.227. The van der Waals surface area contributed by atoms with Gasteiger partial charge in [0.05, 0.1) is 17.7 Å². The van der Waals surface area contributed by atoms with Crippen LogP contribution >= 0.6 is 15.9 Å². The van der Waals surface area contributed by atoms with Gasteiger partial charge in [0.15, 0.2) is 18.1 Å². The van der Waals surface area contributed by atoms with Crippen LogP contribution in [0.4, 0.5) is 5.69 Å². The van der Waals surface area contributed by atoms with Gasteiger partial charge in [-0.2, -0.15) is 5.26 Å². The van der Waals surface area contributed by atoms with Gasteiger partial charge in [-0.15, -0.1) is 0 Å². The molecule has 2 rings (SSSR count). The number of para-hydroxylation sites is 1. The van der Waals surface area contributed by atoms with E-state index in [2.05, 4.69) is 21.2 Å². The molecule has 0 aliphatic carbocycles. The second-order valence-corrected chi connectivity index (χ2v) is 6.70. The average molecular weight is 473 g/mol. The molecule has 2 aromatic rings. The molecule has 0 aromatic heterocycles. The number of hydrogen-bond acceptors (Lipinski definition) is 6. The van der Waals surface area contributed by atoms with Gasteiger partial charge in [0.1, 0.15) is 11.6 Å². The molecule has 30 heavy (non-hydrogen) atoms. The number of anilines is 1. The molecule has 0 saturated carbocycles. The Bertz CT molecular complexity index is 967. The number of nitrogens with one attached hydrogen (secondary N) is 1. The van der Waals surface area contributed by atoms with Crippen LogP contribution in [0, 0.1) is 11.3 Å². The Morgan fingerprint density at radius 1 is 1.13 bits per heavy atom. The van der Waals surface area contributed by atoms with E-state index >= 15 is 0 Å². The first-order valence-electron chi connectivity index (χ1n) is 9.21. The van der Waals surface area contributed by atoms with E-state index in [9.17, 15) is 14.9 Å². The first-order valence-corrected chi connectivity index (χ1v) is 10.0. The number of esters is 1. The van der Waals surface area contributed by atoms with Crippen LogP contribution in [0.2, 0.25) is 0 Å². The largest absolute Gasteiger partial charge is 0.490 e. The zero-order chi connectivity index (χ0) is 21.9. The molecule has 8 heteroatoms. The molecule has 156 valence electrons. The summed E-state index contributed by atoms with van der Waals surface area (Å²) >= 11 is 3.39. The van der Waals surface area contributed by atoms with Crippen molar-refractivity contribution in [2.45, 2.75) is 13.8 Å². The lowest BCUT2D eigenvalue weighted by molar-refractivity contribution is -0.145. The summed E-state index contributed by atoms with van der Waals surface area (Å²) in [5.41, 5.74) is 1.06. The smallest absolute Gasteiger partial charge is 0.344 e. The van der Waals surface area contributed by atoms with E-state index in [1.54, 1.807) is 50.2 Å². The molecule has 1 N–H and O–H groups in total. The number of ether oxygens (including phenoxy) is 3. The number of nitrogens with zero attached hydrogens (tertiary/aromatic N) is 1. The van der Waals surface area contributed by atoms with Gasteiger partial charge in [0.25, 0.3) is 5.91 Å². The van der Waals surface area contributed by atoms with Crippen molar-refractivity contribution >= 4 is 39.6 Å². The van der Waals surface area contributed by atoms with Gasteiger partial charge in [0.2, 0.25) is 0 Å². The first kappa shape index (κ1) is 23.0. The molecule has 2 aromatic carbocycles. The van der Waals surface area contributed by atoms with Gasteiger partial charge >= 0.3 is 5.97 Å². The molecule has 7 nitrogen and oxygen atoms in total. The van der Waals surface area contributed by atoms with E-state index in [0.717, 1.165) is 0 Å². The number of nitriles is 1. The first-order chi connectivity index (χ1) is 14.5. The summed E-state index contributed by atoms with van der Waals surface area (Å²) in [7, 11) is 0. The maximum absolute atomic E-state index is 12.4. The van der Waals surface area contributed by atoms with Gasteiger partial charge in [-0.1, -0.05) is 18.2 Å². The Balaban J connectivity index is 2.28. The summed E-state index contributed by atoms with van der Waals surface area (Å²) < 4.78 is 16.5. The van der Waals surface area contributed by atoms with Crippen molar-refractivity contribution < 1.29 is 23.8 Å². The highest BCUT2D eigenvalue weighted by atomic mass is 79.9. The van der Waals surface area contributed by atoms with Gasteiger partial charge in [-0.05, 0) is 65.7 Å². The van der Waals surface area contributed by atoms with Crippen LogP contribution in [-0.4, -0.2) is 31.7 Å². The minimum atomic E-state index is -0.527. The molecule has 0 heterocycles. The standard InChI is InChI=1S/C22H21BrN2O5/c1-3-28-19-12-15(11-18(23)21(19)30-14-20(26)29-4-2)10-16(13-24)22(27)25-17-8-6-5-7-9-17/h5-12H,3-4,14H2,1-2H3,(H,25,27)/b16-10+. The van der Waals surface area contributed by atoms with E-state index in [4.69, 9.17) is 14.2 Å². The van der Waals surface area contributed by atoms with E-state index < -0.39 is 11.9 Å². The molecule has 1 amide bonds. The quantitative estimate of drug-likeness (QED) is 0.331. The van der Waals surface area contributed by atoms with Crippen LogP contribution in [0.15, 0.2) is 52.5 Å². The fourth-order valence-electron chi connectivity index (χ4n) is 2.44. The molecule has 0 aliphatic heterocycles. The molecule has 0 saturated heterocycles. The van der Waals surface area contributed by atoms with E-state index in [-0.39, 0.29) is 18.8 Å². The number of rotatable bonds is 9. The Kier molecular flexibility index (Phi) is 8.91. The van der Waals surface area contributed by atoms with E-state index in [0.29, 0.717) is 33.8 Å². The number of amides is 1. The molecule has 0 unspecified atom stereocenters. The third kappa shape index (κ3) is 6.64. The van der Waals surface area contributed by atoms with Gasteiger partial charge in [-0.25, -0.2) is 4.79 Å². The second-order valence-electron chi connectivity index (χ2n) is 5.85. The topological polar surface area (TPSA) is 97.7 Å². The highest BCUT2D eigenvalue weighted by Crippen LogP contribution is 2.37. The summed E-state index contributed by atoms with van der Waals surface area (Å²) in [5, 5.41) is 12.1.